The maximum atomic E-state index is 12.7. The number of benzene rings is 2. The Morgan fingerprint density at radius 3 is 2.50 bits per heavy atom. The zero-order valence-electron chi connectivity index (χ0n) is 12.7. The topological polar surface area (TPSA) is 33.5 Å². The zero-order chi connectivity index (χ0) is 15.7. The number of hydrogen-bond donors (Lipinski definition) is 0. The lowest BCUT2D eigenvalue weighted by molar-refractivity contribution is 0.296. The molecule has 0 aliphatic heterocycles. The van der Waals surface area contributed by atoms with Gasteiger partial charge in [-0.2, -0.15) is 0 Å². The first kappa shape index (κ1) is 15.1. The lowest BCUT2D eigenvalue weighted by Crippen LogP contribution is -2.22. The van der Waals surface area contributed by atoms with Crippen LogP contribution in [0.1, 0.15) is 19.4 Å². The van der Waals surface area contributed by atoms with Crippen molar-refractivity contribution in [2.24, 2.45) is 0 Å². The van der Waals surface area contributed by atoms with E-state index in [4.69, 9.17) is 16.0 Å². The van der Waals surface area contributed by atoms with Crippen molar-refractivity contribution in [3.63, 3.8) is 0 Å². The fraction of sp³-hybridized carbons (Fsp3) is 0.278. The molecule has 0 aliphatic carbocycles. The van der Waals surface area contributed by atoms with Gasteiger partial charge in [-0.3, -0.25) is 9.69 Å². The van der Waals surface area contributed by atoms with Gasteiger partial charge < -0.3 is 4.42 Å². The van der Waals surface area contributed by atoms with Crippen molar-refractivity contribution in [2.45, 2.75) is 20.4 Å². The van der Waals surface area contributed by atoms with Crippen LogP contribution in [0.25, 0.3) is 21.9 Å². The Morgan fingerprint density at radius 1 is 1.05 bits per heavy atom. The Morgan fingerprint density at radius 2 is 1.77 bits per heavy atom. The van der Waals surface area contributed by atoms with Crippen LogP contribution in [0.4, 0.5) is 0 Å². The molecule has 0 unspecified atom stereocenters. The molecule has 2 aromatic carbocycles. The van der Waals surface area contributed by atoms with Crippen molar-refractivity contribution in [3.8, 4) is 0 Å². The highest BCUT2D eigenvalue weighted by Gasteiger charge is 2.15. The standard InChI is InChI=1S/C18H18ClNO2/c1-3-20(4-2)11-14-15(19)10-9-13-17(21)12-7-5-6-8-16(12)22-18(13)14/h5-10H,3-4,11H2,1-2H3. The minimum absolute atomic E-state index is 0.00527. The molecule has 0 N–H and O–H groups in total. The molecule has 22 heavy (non-hydrogen) atoms. The van der Waals surface area contributed by atoms with Gasteiger partial charge in [0.15, 0.2) is 0 Å². The van der Waals surface area contributed by atoms with Crippen LogP contribution in [0.15, 0.2) is 45.6 Å². The molecule has 0 bridgehead atoms. The molecule has 0 amide bonds. The summed E-state index contributed by atoms with van der Waals surface area (Å²) in [6, 6.07) is 10.9. The molecule has 1 aromatic heterocycles. The fourth-order valence-electron chi connectivity index (χ4n) is 2.72. The van der Waals surface area contributed by atoms with Crippen molar-refractivity contribution in [1.82, 2.24) is 4.90 Å². The Bertz CT molecular complexity index is 881. The highest BCUT2D eigenvalue weighted by atomic mass is 35.5. The van der Waals surface area contributed by atoms with Crippen LogP contribution in [0, 0.1) is 0 Å². The lowest BCUT2D eigenvalue weighted by Gasteiger charge is -2.19. The van der Waals surface area contributed by atoms with Crippen LogP contribution >= 0.6 is 11.6 Å². The minimum Gasteiger partial charge on any atom is -0.455 e. The van der Waals surface area contributed by atoms with Gasteiger partial charge in [-0.15, -0.1) is 0 Å². The first-order valence-electron chi connectivity index (χ1n) is 7.51. The Hall–Kier alpha value is -1.84. The third-order valence-electron chi connectivity index (χ3n) is 4.07. The van der Waals surface area contributed by atoms with E-state index in [-0.39, 0.29) is 5.43 Å². The summed E-state index contributed by atoms with van der Waals surface area (Å²) in [5.41, 5.74) is 2.08. The van der Waals surface area contributed by atoms with E-state index in [9.17, 15) is 4.79 Å². The number of hydrogen-bond acceptors (Lipinski definition) is 3. The van der Waals surface area contributed by atoms with Gasteiger partial charge in [-0.1, -0.05) is 37.6 Å². The number of fused-ring (bicyclic) bond motifs is 2. The first-order chi connectivity index (χ1) is 10.7. The molecule has 1 heterocycles. The SMILES string of the molecule is CCN(CC)Cc1c(Cl)ccc2c(=O)c3ccccc3oc12. The second kappa shape index (κ2) is 6.11. The van der Waals surface area contributed by atoms with Crippen LogP contribution < -0.4 is 5.43 Å². The summed E-state index contributed by atoms with van der Waals surface area (Å²) < 4.78 is 6.02. The molecule has 3 nitrogen and oxygen atoms in total. The van der Waals surface area contributed by atoms with Gasteiger partial charge in [0.25, 0.3) is 0 Å². The lowest BCUT2D eigenvalue weighted by atomic mass is 10.1. The Balaban J connectivity index is 2.31. The van der Waals surface area contributed by atoms with Crippen LogP contribution in [-0.4, -0.2) is 18.0 Å². The van der Waals surface area contributed by atoms with Crippen molar-refractivity contribution >= 4 is 33.5 Å². The Labute approximate surface area is 134 Å². The molecular weight excluding hydrogens is 298 g/mol. The molecule has 114 valence electrons. The maximum Gasteiger partial charge on any atom is 0.200 e. The minimum atomic E-state index is -0.00527. The third-order valence-corrected chi connectivity index (χ3v) is 4.42. The highest BCUT2D eigenvalue weighted by molar-refractivity contribution is 6.32. The van der Waals surface area contributed by atoms with Gasteiger partial charge in [0.2, 0.25) is 5.43 Å². The van der Waals surface area contributed by atoms with E-state index in [1.165, 1.54) is 0 Å². The van der Waals surface area contributed by atoms with E-state index in [0.717, 1.165) is 18.7 Å². The Kier molecular flexibility index (Phi) is 4.19. The number of nitrogens with zero attached hydrogens (tertiary/aromatic N) is 1. The molecule has 4 heteroatoms. The number of para-hydroxylation sites is 1. The van der Waals surface area contributed by atoms with E-state index in [2.05, 4.69) is 18.7 Å². The van der Waals surface area contributed by atoms with Crippen LogP contribution in [0.2, 0.25) is 5.02 Å². The largest absolute Gasteiger partial charge is 0.455 e. The summed E-state index contributed by atoms with van der Waals surface area (Å²) >= 11 is 6.38. The van der Waals surface area contributed by atoms with E-state index < -0.39 is 0 Å². The monoisotopic (exact) mass is 315 g/mol. The summed E-state index contributed by atoms with van der Waals surface area (Å²) in [7, 11) is 0. The van der Waals surface area contributed by atoms with Crippen molar-refractivity contribution in [1.29, 1.82) is 0 Å². The molecule has 0 fully saturated rings. The molecule has 0 atom stereocenters. The van der Waals surface area contributed by atoms with Crippen molar-refractivity contribution < 1.29 is 4.42 Å². The highest BCUT2D eigenvalue weighted by Crippen LogP contribution is 2.28. The molecule has 0 saturated heterocycles. The van der Waals surface area contributed by atoms with Crippen molar-refractivity contribution in [3.05, 3.63) is 57.2 Å². The molecule has 0 aliphatic rings. The quantitative estimate of drug-likeness (QED) is 0.667. The van der Waals surface area contributed by atoms with Crippen LogP contribution in [-0.2, 0) is 6.54 Å². The van der Waals surface area contributed by atoms with Gasteiger partial charge in [0.1, 0.15) is 11.2 Å². The van der Waals surface area contributed by atoms with E-state index in [1.807, 2.05) is 18.2 Å². The molecule has 0 saturated carbocycles. The van der Waals surface area contributed by atoms with E-state index in [0.29, 0.717) is 33.5 Å². The molecule has 3 rings (SSSR count). The van der Waals surface area contributed by atoms with Gasteiger partial charge >= 0.3 is 0 Å². The van der Waals surface area contributed by atoms with Gasteiger partial charge in [0.05, 0.1) is 10.8 Å². The molecular formula is C18H18ClNO2. The van der Waals surface area contributed by atoms with Crippen molar-refractivity contribution in [2.75, 3.05) is 13.1 Å². The predicted octanol–water partition coefficient (Wildman–Crippen LogP) is 4.44. The second-order valence-corrected chi connectivity index (χ2v) is 5.70. The average Bonchev–Trinajstić information content (AvgIpc) is 2.54. The summed E-state index contributed by atoms with van der Waals surface area (Å²) in [6.45, 7) is 6.72. The summed E-state index contributed by atoms with van der Waals surface area (Å²) in [5.74, 6) is 0. The average molecular weight is 316 g/mol. The van der Waals surface area contributed by atoms with Gasteiger partial charge in [-0.05, 0) is 37.4 Å². The first-order valence-corrected chi connectivity index (χ1v) is 7.88. The van der Waals surface area contributed by atoms with Crippen LogP contribution in [0.3, 0.4) is 0 Å². The zero-order valence-corrected chi connectivity index (χ0v) is 13.5. The van der Waals surface area contributed by atoms with E-state index in [1.54, 1.807) is 18.2 Å². The van der Waals surface area contributed by atoms with E-state index >= 15 is 0 Å². The van der Waals surface area contributed by atoms with Gasteiger partial charge in [-0.25, -0.2) is 0 Å². The summed E-state index contributed by atoms with van der Waals surface area (Å²) in [6.07, 6.45) is 0. The fourth-order valence-corrected chi connectivity index (χ4v) is 2.92. The molecule has 0 radical (unpaired) electrons. The third kappa shape index (κ3) is 2.51. The van der Waals surface area contributed by atoms with Crippen LogP contribution in [0.5, 0.6) is 0 Å². The molecule has 3 aromatic rings. The molecule has 0 spiro atoms. The maximum absolute atomic E-state index is 12.7. The summed E-state index contributed by atoms with van der Waals surface area (Å²) in [4.78, 5) is 14.9. The normalized spacial score (nSPS) is 11.6. The number of rotatable bonds is 4. The van der Waals surface area contributed by atoms with Gasteiger partial charge in [0, 0.05) is 17.1 Å². The predicted molar refractivity (Wildman–Crippen MR) is 91.6 cm³/mol. The smallest absolute Gasteiger partial charge is 0.200 e. The summed E-state index contributed by atoms with van der Waals surface area (Å²) in [5, 5.41) is 1.83. The number of halogens is 1. The second-order valence-electron chi connectivity index (χ2n) is 5.29.